The van der Waals surface area contributed by atoms with Crippen molar-refractivity contribution >= 4 is 21.8 Å². The lowest BCUT2D eigenvalue weighted by atomic mass is 10.1. The van der Waals surface area contributed by atoms with Crippen LogP contribution in [0.4, 0.5) is 0 Å². The largest absolute Gasteiger partial charge is 0.496 e. The van der Waals surface area contributed by atoms with Crippen molar-refractivity contribution in [2.75, 3.05) is 27.4 Å². The fourth-order valence-electron chi connectivity index (χ4n) is 2.55. The summed E-state index contributed by atoms with van der Waals surface area (Å²) in [4.78, 5) is 24.4. The zero-order valence-corrected chi connectivity index (χ0v) is 17.2. The van der Waals surface area contributed by atoms with Crippen LogP contribution in [0.1, 0.15) is 27.6 Å². The average Bonchev–Trinajstić information content (AvgIpc) is 2.71. The van der Waals surface area contributed by atoms with Crippen LogP contribution in [0, 0.1) is 0 Å². The molecule has 2 aromatic carbocycles. The number of sulfonamides is 1. The molecule has 0 aliphatic heterocycles. The Hall–Kier alpha value is -2.75. The molecule has 0 saturated heterocycles. The minimum absolute atomic E-state index is 0.00195. The monoisotopic (exact) mass is 421 g/mol. The predicted molar refractivity (Wildman–Crippen MR) is 106 cm³/mol. The Morgan fingerprint density at radius 2 is 1.69 bits per heavy atom. The van der Waals surface area contributed by atoms with Crippen molar-refractivity contribution in [1.29, 1.82) is 0 Å². The lowest BCUT2D eigenvalue weighted by Gasteiger charge is -2.13. The van der Waals surface area contributed by atoms with Crippen molar-refractivity contribution < 1.29 is 32.2 Å². The molecule has 2 rings (SSSR count). The maximum atomic E-state index is 12.3. The predicted octanol–water partition coefficient (Wildman–Crippen LogP) is 2.05. The van der Waals surface area contributed by atoms with Gasteiger partial charge in [-0.25, -0.2) is 17.9 Å². The van der Waals surface area contributed by atoms with Gasteiger partial charge in [0.05, 0.1) is 29.7 Å². The van der Waals surface area contributed by atoms with Crippen LogP contribution in [0.3, 0.4) is 0 Å². The van der Waals surface area contributed by atoms with E-state index >= 15 is 0 Å². The minimum atomic E-state index is -3.74. The number of ketones is 1. The first kappa shape index (κ1) is 22.5. The number of benzene rings is 2. The van der Waals surface area contributed by atoms with E-state index in [4.69, 9.17) is 14.2 Å². The molecule has 0 radical (unpaired) electrons. The molecule has 156 valence electrons. The van der Waals surface area contributed by atoms with E-state index in [0.717, 1.165) is 0 Å². The molecule has 0 heterocycles. The number of ether oxygens (including phenoxy) is 3. The third-order valence-corrected chi connectivity index (χ3v) is 5.52. The van der Waals surface area contributed by atoms with Gasteiger partial charge in [0, 0.05) is 13.2 Å². The minimum Gasteiger partial charge on any atom is -0.496 e. The molecule has 0 aliphatic rings. The highest BCUT2D eigenvalue weighted by molar-refractivity contribution is 7.89. The fourth-order valence-corrected chi connectivity index (χ4v) is 3.78. The number of carbonyl (C=O) groups is 2. The van der Waals surface area contributed by atoms with Gasteiger partial charge in [-0.15, -0.1) is 0 Å². The quantitative estimate of drug-likeness (QED) is 0.462. The zero-order chi connectivity index (χ0) is 21.4. The van der Waals surface area contributed by atoms with Gasteiger partial charge in [0.1, 0.15) is 5.75 Å². The molecule has 0 spiro atoms. The van der Waals surface area contributed by atoms with Crippen LogP contribution in [-0.2, 0) is 19.5 Å². The number of para-hydroxylation sites is 1. The first-order valence-electron chi connectivity index (χ1n) is 8.73. The summed E-state index contributed by atoms with van der Waals surface area (Å²) >= 11 is 0. The Morgan fingerprint density at radius 3 is 2.31 bits per heavy atom. The van der Waals surface area contributed by atoms with Gasteiger partial charge in [-0.05, 0) is 43.3 Å². The van der Waals surface area contributed by atoms with Gasteiger partial charge in [0.2, 0.25) is 15.8 Å². The molecule has 9 heteroatoms. The van der Waals surface area contributed by atoms with E-state index in [1.165, 1.54) is 38.5 Å². The normalized spacial score (nSPS) is 12.2. The van der Waals surface area contributed by atoms with E-state index in [1.807, 2.05) is 0 Å². The van der Waals surface area contributed by atoms with Gasteiger partial charge in [0.25, 0.3) is 0 Å². The zero-order valence-electron chi connectivity index (χ0n) is 16.4. The molecular weight excluding hydrogens is 398 g/mol. The molecule has 0 aliphatic carbocycles. The second-order valence-corrected chi connectivity index (χ2v) is 7.92. The number of hydrogen-bond donors (Lipinski definition) is 1. The number of hydrogen-bond acceptors (Lipinski definition) is 7. The number of esters is 1. The van der Waals surface area contributed by atoms with Crippen LogP contribution in [0.15, 0.2) is 53.4 Å². The van der Waals surface area contributed by atoms with Crippen LogP contribution in [-0.4, -0.2) is 53.6 Å². The number of carbonyl (C=O) groups excluding carboxylic acids is 2. The molecule has 0 saturated carbocycles. The molecule has 1 atom stereocenters. The molecule has 29 heavy (non-hydrogen) atoms. The Bertz CT molecular complexity index is 955. The molecule has 0 unspecified atom stereocenters. The SMILES string of the molecule is COC[C@H](C)NS(=O)(=O)c1ccc(C(=O)OCC(=O)c2ccccc2OC)cc1. The number of methoxy groups -OCH3 is 2. The summed E-state index contributed by atoms with van der Waals surface area (Å²) in [5.74, 6) is -0.762. The standard InChI is InChI=1S/C20H23NO7S/c1-14(12-26-2)21-29(24,25)16-10-8-15(9-11-16)20(23)28-13-18(22)17-6-4-5-7-19(17)27-3/h4-11,14,21H,12-13H2,1-3H3/t14-/m0/s1. The Balaban J connectivity index is 2.01. The van der Waals surface area contributed by atoms with Crippen molar-refractivity contribution in [2.45, 2.75) is 17.9 Å². The molecule has 8 nitrogen and oxygen atoms in total. The number of nitrogens with one attached hydrogen (secondary N) is 1. The van der Waals surface area contributed by atoms with Gasteiger partial charge >= 0.3 is 5.97 Å². The van der Waals surface area contributed by atoms with Crippen molar-refractivity contribution in [1.82, 2.24) is 4.72 Å². The molecule has 0 fully saturated rings. The summed E-state index contributed by atoms with van der Waals surface area (Å²) in [5.41, 5.74) is 0.433. The van der Waals surface area contributed by atoms with Crippen molar-refractivity contribution in [2.24, 2.45) is 0 Å². The molecule has 0 amide bonds. The third kappa shape index (κ3) is 6.11. The van der Waals surface area contributed by atoms with Gasteiger partial charge in [-0.3, -0.25) is 4.79 Å². The molecule has 1 N–H and O–H groups in total. The summed E-state index contributed by atoms with van der Waals surface area (Å²) in [6.07, 6.45) is 0. The summed E-state index contributed by atoms with van der Waals surface area (Å²) in [6.45, 7) is 1.44. The second kappa shape index (κ2) is 10.1. The fraction of sp³-hybridized carbons (Fsp3) is 0.300. The van der Waals surface area contributed by atoms with E-state index < -0.39 is 34.4 Å². The number of Topliss-reactive ketones (excluding diaryl/α,β-unsaturated/α-hetero) is 1. The van der Waals surface area contributed by atoms with Gasteiger partial charge < -0.3 is 14.2 Å². The smallest absolute Gasteiger partial charge is 0.338 e. The van der Waals surface area contributed by atoms with Crippen LogP contribution < -0.4 is 9.46 Å². The summed E-state index contributed by atoms with van der Waals surface area (Å²) in [5, 5.41) is 0. The van der Waals surface area contributed by atoms with Crippen LogP contribution >= 0.6 is 0 Å². The van der Waals surface area contributed by atoms with Crippen molar-refractivity contribution in [3.05, 3.63) is 59.7 Å². The van der Waals surface area contributed by atoms with Gasteiger partial charge in [-0.1, -0.05) is 12.1 Å². The first-order chi connectivity index (χ1) is 13.8. The highest BCUT2D eigenvalue weighted by atomic mass is 32.2. The van der Waals surface area contributed by atoms with Crippen LogP contribution in [0.2, 0.25) is 0 Å². The highest BCUT2D eigenvalue weighted by Crippen LogP contribution is 2.18. The second-order valence-electron chi connectivity index (χ2n) is 6.20. The van der Waals surface area contributed by atoms with Crippen LogP contribution in [0.25, 0.3) is 0 Å². The van der Waals surface area contributed by atoms with Gasteiger partial charge in [0.15, 0.2) is 6.61 Å². The molecular formula is C20H23NO7S. The molecule has 2 aromatic rings. The van der Waals surface area contributed by atoms with E-state index in [2.05, 4.69) is 4.72 Å². The van der Waals surface area contributed by atoms with E-state index in [1.54, 1.807) is 31.2 Å². The summed E-state index contributed by atoms with van der Waals surface area (Å²) in [7, 11) is -0.825. The van der Waals surface area contributed by atoms with Gasteiger partial charge in [-0.2, -0.15) is 0 Å². The Kier molecular flexibility index (Phi) is 7.89. The topological polar surface area (TPSA) is 108 Å². The van der Waals surface area contributed by atoms with E-state index in [9.17, 15) is 18.0 Å². The molecule has 0 bridgehead atoms. The van der Waals surface area contributed by atoms with Crippen molar-refractivity contribution in [3.63, 3.8) is 0 Å². The van der Waals surface area contributed by atoms with E-state index in [-0.39, 0.29) is 17.1 Å². The lowest BCUT2D eigenvalue weighted by Crippen LogP contribution is -2.35. The van der Waals surface area contributed by atoms with Crippen LogP contribution in [0.5, 0.6) is 5.75 Å². The Labute approximate surface area is 169 Å². The van der Waals surface area contributed by atoms with Crippen molar-refractivity contribution in [3.8, 4) is 5.75 Å². The summed E-state index contributed by atoms with van der Waals surface area (Å²) < 4.78 is 42.1. The van der Waals surface area contributed by atoms with E-state index in [0.29, 0.717) is 11.3 Å². The lowest BCUT2D eigenvalue weighted by molar-refractivity contribution is 0.0474. The average molecular weight is 421 g/mol. The molecule has 0 aromatic heterocycles. The third-order valence-electron chi connectivity index (χ3n) is 3.92. The Morgan fingerprint density at radius 1 is 1.03 bits per heavy atom. The summed E-state index contributed by atoms with van der Waals surface area (Å²) in [6, 6.07) is 11.4. The maximum Gasteiger partial charge on any atom is 0.338 e. The highest BCUT2D eigenvalue weighted by Gasteiger charge is 2.19. The maximum absolute atomic E-state index is 12.3. The first-order valence-corrected chi connectivity index (χ1v) is 10.2. The number of rotatable bonds is 10.